The van der Waals surface area contributed by atoms with E-state index in [2.05, 4.69) is 26.6 Å². The smallest absolute Gasteiger partial charge is 0.246 e. The number of anilines is 2. The van der Waals surface area contributed by atoms with Gasteiger partial charge in [-0.05, 0) is 100 Å². The number of thiocarbonyl (C=S) groups is 2. The van der Waals surface area contributed by atoms with E-state index in [1.54, 1.807) is 7.05 Å². The second kappa shape index (κ2) is 28.5. The quantitative estimate of drug-likeness (QED) is 0.0273. The highest BCUT2D eigenvalue weighted by Crippen LogP contribution is 2.13. The van der Waals surface area contributed by atoms with E-state index < -0.39 is 17.7 Å². The Morgan fingerprint density at radius 2 is 1.02 bits per heavy atom. The molecule has 0 atom stereocenters. The molecule has 53 heavy (non-hydrogen) atoms. The van der Waals surface area contributed by atoms with Crippen molar-refractivity contribution in [2.24, 2.45) is 0 Å². The molecule has 1 rings (SSSR count). The van der Waals surface area contributed by atoms with Gasteiger partial charge in [0.2, 0.25) is 23.6 Å². The molecule has 1 aromatic carbocycles. The number of nitrogens with one attached hydrogen (secondary N) is 5. The second-order valence-corrected chi connectivity index (χ2v) is 13.3. The van der Waals surface area contributed by atoms with E-state index in [1.807, 2.05) is 24.3 Å². The number of carbonyl (C=O) groups is 5. The Kier molecular flexibility index (Phi) is 25.3. The summed E-state index contributed by atoms with van der Waals surface area (Å²) < 4.78 is 0. The van der Waals surface area contributed by atoms with Crippen molar-refractivity contribution < 1.29 is 39.6 Å². The van der Waals surface area contributed by atoms with Crippen LogP contribution in [0.2, 0.25) is 0 Å². The lowest BCUT2D eigenvalue weighted by Crippen LogP contribution is -2.31. The number of carbonyl (C=O) groups excluding carboxylic acids is 5. The molecule has 18 heteroatoms. The Balaban J connectivity index is 2.02. The zero-order valence-electron chi connectivity index (χ0n) is 31.0. The van der Waals surface area contributed by atoms with Crippen LogP contribution in [0, 0.1) is 0 Å². The molecule has 16 nitrogen and oxygen atoms in total. The van der Waals surface area contributed by atoms with Crippen molar-refractivity contribution in [3.05, 3.63) is 24.3 Å². The van der Waals surface area contributed by atoms with Crippen molar-refractivity contribution in [3.63, 3.8) is 0 Å². The number of hydroxylamine groups is 6. The van der Waals surface area contributed by atoms with Gasteiger partial charge in [0.05, 0.1) is 0 Å². The van der Waals surface area contributed by atoms with Crippen LogP contribution in [-0.4, -0.2) is 110 Å². The van der Waals surface area contributed by atoms with E-state index in [0.717, 1.165) is 37.1 Å². The Hall–Kier alpha value is -3.97. The number of hydrogen-bond donors (Lipinski definition) is 8. The van der Waals surface area contributed by atoms with Crippen molar-refractivity contribution in [2.45, 2.75) is 103 Å². The molecule has 0 radical (unpaired) electrons. The Morgan fingerprint density at radius 3 is 1.55 bits per heavy atom. The number of amides is 4. The van der Waals surface area contributed by atoms with Gasteiger partial charge in [0, 0.05) is 90.2 Å². The fourth-order valence-corrected chi connectivity index (χ4v) is 5.18. The fourth-order valence-electron chi connectivity index (χ4n) is 4.84. The van der Waals surface area contributed by atoms with Crippen LogP contribution in [0.15, 0.2) is 24.3 Å². The highest BCUT2D eigenvalue weighted by atomic mass is 32.1. The van der Waals surface area contributed by atoms with Crippen molar-refractivity contribution in [3.8, 4) is 0 Å². The molecule has 0 heterocycles. The fraction of sp³-hybridized carbons (Fsp3) is 0.629. The molecule has 0 aromatic heterocycles. The average Bonchev–Trinajstić information content (AvgIpc) is 3.13. The summed E-state index contributed by atoms with van der Waals surface area (Å²) in [5.74, 6) is -1.81. The first-order valence-corrected chi connectivity index (χ1v) is 19.0. The van der Waals surface area contributed by atoms with Crippen molar-refractivity contribution >= 4 is 75.4 Å². The van der Waals surface area contributed by atoms with Crippen LogP contribution < -0.4 is 26.6 Å². The van der Waals surface area contributed by atoms with Gasteiger partial charge in [-0.25, -0.2) is 15.2 Å². The lowest BCUT2D eigenvalue weighted by molar-refractivity contribution is -0.166. The summed E-state index contributed by atoms with van der Waals surface area (Å²) in [5, 5.41) is 47.1. The predicted molar refractivity (Wildman–Crippen MR) is 209 cm³/mol. The minimum atomic E-state index is -0.524. The van der Waals surface area contributed by atoms with Gasteiger partial charge in [0.1, 0.15) is 5.78 Å². The highest BCUT2D eigenvalue weighted by Gasteiger charge is 2.14. The summed E-state index contributed by atoms with van der Waals surface area (Å²) in [6.45, 7) is 2.83. The van der Waals surface area contributed by atoms with Crippen molar-refractivity contribution in [2.75, 3.05) is 50.4 Å². The maximum absolute atomic E-state index is 12.2. The Bertz CT molecular complexity index is 1310. The molecule has 0 aliphatic heterocycles. The summed E-state index contributed by atoms with van der Waals surface area (Å²) in [6.07, 6.45) is 6.92. The Labute approximate surface area is 323 Å². The monoisotopic (exact) mass is 782 g/mol. The topological polar surface area (TPSA) is 216 Å². The summed E-state index contributed by atoms with van der Waals surface area (Å²) in [6, 6.07) is 7.51. The van der Waals surface area contributed by atoms with Gasteiger partial charge in [0.15, 0.2) is 10.2 Å². The van der Waals surface area contributed by atoms with Gasteiger partial charge in [0.25, 0.3) is 0 Å². The first-order chi connectivity index (χ1) is 25.3. The second-order valence-electron chi connectivity index (χ2n) is 12.5. The molecule has 0 fully saturated rings. The molecule has 4 amide bonds. The van der Waals surface area contributed by atoms with Crippen LogP contribution >= 0.6 is 24.4 Å². The number of benzene rings is 1. The van der Waals surface area contributed by atoms with Crippen LogP contribution in [0.25, 0.3) is 0 Å². The zero-order valence-corrected chi connectivity index (χ0v) is 32.6. The SMILES string of the molecule is CNC(=S)Nc1ccc(NC(=S)NCCCCCN(O)C(=O)CCC(=O)NCCCCCN(O)C(=O)CCC(=O)CCCCCCN(O)C(C)=O)cc1. The number of rotatable bonds is 27. The molecular weight excluding hydrogens is 725 g/mol. The van der Waals surface area contributed by atoms with E-state index >= 15 is 0 Å². The zero-order chi connectivity index (χ0) is 39.4. The molecule has 0 bridgehead atoms. The van der Waals surface area contributed by atoms with Crippen LogP contribution in [0.5, 0.6) is 0 Å². The first-order valence-electron chi connectivity index (χ1n) is 18.2. The lowest BCUT2D eigenvalue weighted by atomic mass is 10.1. The third-order valence-electron chi connectivity index (χ3n) is 8.03. The normalized spacial score (nSPS) is 10.5. The molecule has 0 aliphatic rings. The minimum absolute atomic E-state index is 0.0475. The van der Waals surface area contributed by atoms with Gasteiger partial charge in [-0.15, -0.1) is 0 Å². The average molecular weight is 783 g/mol. The van der Waals surface area contributed by atoms with Crippen LogP contribution in [0.4, 0.5) is 11.4 Å². The first kappa shape index (κ1) is 47.1. The van der Waals surface area contributed by atoms with Gasteiger partial charge in [-0.1, -0.05) is 12.8 Å². The van der Waals surface area contributed by atoms with Crippen LogP contribution in [0.3, 0.4) is 0 Å². The lowest BCUT2D eigenvalue weighted by Gasteiger charge is -2.15. The van der Waals surface area contributed by atoms with Gasteiger partial charge >= 0.3 is 0 Å². The molecule has 0 unspecified atom stereocenters. The maximum Gasteiger partial charge on any atom is 0.246 e. The molecule has 8 N–H and O–H groups in total. The van der Waals surface area contributed by atoms with Gasteiger partial charge in [-0.3, -0.25) is 39.6 Å². The Morgan fingerprint density at radius 1 is 0.566 bits per heavy atom. The van der Waals surface area contributed by atoms with E-state index in [1.165, 1.54) is 6.92 Å². The van der Waals surface area contributed by atoms with Crippen molar-refractivity contribution in [1.82, 2.24) is 31.1 Å². The third-order valence-corrected chi connectivity index (χ3v) is 8.58. The highest BCUT2D eigenvalue weighted by molar-refractivity contribution is 7.80. The molecular formula is C35H58N8O8S2. The number of unbranched alkanes of at least 4 members (excludes halogenated alkanes) is 7. The molecule has 1 aromatic rings. The summed E-state index contributed by atoms with van der Waals surface area (Å²) in [5.41, 5.74) is 1.68. The number of nitrogens with zero attached hydrogens (tertiary/aromatic N) is 3. The minimum Gasteiger partial charge on any atom is -0.366 e. The van der Waals surface area contributed by atoms with Gasteiger partial charge < -0.3 is 26.6 Å². The van der Waals surface area contributed by atoms with Crippen LogP contribution in [-0.2, 0) is 24.0 Å². The number of ketones is 1. The van der Waals surface area contributed by atoms with Crippen LogP contribution in [0.1, 0.15) is 103 Å². The third kappa shape index (κ3) is 24.1. The molecule has 298 valence electrons. The largest absolute Gasteiger partial charge is 0.366 e. The molecule has 0 saturated carbocycles. The molecule has 0 aliphatic carbocycles. The number of Topliss-reactive ketones (excluding diaryl/α,β-unsaturated/α-hetero) is 1. The van der Waals surface area contributed by atoms with E-state index in [0.29, 0.717) is 83.4 Å². The standard InChI is InChI=1S/C35H58N8O8S2/c1-27(44)41(49)24-10-4-3-7-13-30(45)18-20-32(47)42(50)25-11-5-8-22-37-31(46)19-21-33(48)43(51)26-12-6-9-23-38-35(53)40-29-16-14-28(15-17-29)39-34(52)36-2/h14-17,49-51H,3-13,18-26H2,1-2H3,(H,37,46)(H2,36,39,52)(H2,38,40,53). The summed E-state index contributed by atoms with van der Waals surface area (Å²) in [7, 11) is 1.74. The van der Waals surface area contributed by atoms with E-state index in [9.17, 15) is 39.6 Å². The summed E-state index contributed by atoms with van der Waals surface area (Å²) >= 11 is 10.4. The van der Waals surface area contributed by atoms with E-state index in [-0.39, 0.29) is 57.0 Å². The predicted octanol–water partition coefficient (Wildman–Crippen LogP) is 4.10. The van der Waals surface area contributed by atoms with Gasteiger partial charge in [-0.2, -0.15) is 0 Å². The van der Waals surface area contributed by atoms with Crippen molar-refractivity contribution in [1.29, 1.82) is 0 Å². The molecule has 0 spiro atoms. The number of hydrogen-bond acceptors (Lipinski definition) is 10. The summed E-state index contributed by atoms with van der Waals surface area (Å²) in [4.78, 5) is 59.4. The molecule has 0 saturated heterocycles. The van der Waals surface area contributed by atoms with E-state index in [4.69, 9.17) is 24.4 Å². The maximum atomic E-state index is 12.2.